The molecule has 2 aliphatic rings. The Hall–Kier alpha value is -2.22. The second-order valence-corrected chi connectivity index (χ2v) is 6.32. The number of halogens is 2. The van der Waals surface area contributed by atoms with Crippen LogP contribution in [0.2, 0.25) is 0 Å². The van der Waals surface area contributed by atoms with Crippen molar-refractivity contribution < 1.29 is 18.7 Å². The minimum Gasteiger partial charge on any atom is -0.476 e. The van der Waals surface area contributed by atoms with Crippen molar-refractivity contribution in [1.82, 2.24) is 15.5 Å². The predicted octanol–water partition coefficient (Wildman–Crippen LogP) is 1.53. The molecule has 0 spiro atoms. The van der Waals surface area contributed by atoms with Gasteiger partial charge in [-0.15, -0.1) is 0 Å². The molecule has 1 heterocycles. The highest BCUT2D eigenvalue weighted by Crippen LogP contribution is 2.28. The summed E-state index contributed by atoms with van der Waals surface area (Å²) in [5.74, 6) is -2.17. The minimum atomic E-state index is -1.16. The maximum atomic E-state index is 13.8. The van der Waals surface area contributed by atoms with E-state index >= 15 is 0 Å². The van der Waals surface area contributed by atoms with Gasteiger partial charge in [0, 0.05) is 24.0 Å². The molecule has 1 aromatic rings. The van der Waals surface area contributed by atoms with Gasteiger partial charge < -0.3 is 20.6 Å². The second-order valence-electron chi connectivity index (χ2n) is 5.91. The van der Waals surface area contributed by atoms with E-state index < -0.39 is 17.6 Å². The van der Waals surface area contributed by atoms with Crippen LogP contribution in [0.1, 0.15) is 17.5 Å². The topological polar surface area (TPSA) is 64.6 Å². The van der Waals surface area contributed by atoms with E-state index in [1.54, 1.807) is 0 Å². The summed E-state index contributed by atoms with van der Waals surface area (Å²) >= 11 is 4.68. The normalized spacial score (nSPS) is 19.3. The van der Waals surface area contributed by atoms with Gasteiger partial charge in [0.05, 0.1) is 13.2 Å². The summed E-state index contributed by atoms with van der Waals surface area (Å²) in [5, 5.41) is 14.6. The van der Waals surface area contributed by atoms with E-state index in [4.69, 9.17) is 5.11 Å². The van der Waals surface area contributed by atoms with Gasteiger partial charge in [0.1, 0.15) is 11.6 Å². The maximum absolute atomic E-state index is 13.8. The van der Waals surface area contributed by atoms with Crippen LogP contribution in [0, 0.1) is 11.6 Å². The van der Waals surface area contributed by atoms with Gasteiger partial charge in [-0.3, -0.25) is 0 Å². The molecule has 24 heavy (non-hydrogen) atoms. The van der Waals surface area contributed by atoms with Crippen molar-refractivity contribution >= 4 is 23.2 Å². The molecule has 3 rings (SSSR count). The molecule has 1 aliphatic carbocycles. The first kappa shape index (κ1) is 16.6. The number of hydrogen-bond donors (Lipinski definition) is 3. The molecule has 0 radical (unpaired) electrons. The molecule has 3 N–H and O–H groups in total. The van der Waals surface area contributed by atoms with Crippen LogP contribution in [-0.2, 0) is 17.6 Å². The molecule has 0 aromatic heterocycles. The third-order valence-corrected chi connectivity index (χ3v) is 4.67. The zero-order valence-electron chi connectivity index (χ0n) is 12.8. The number of nitrogens with one attached hydrogen (secondary N) is 2. The van der Waals surface area contributed by atoms with Gasteiger partial charge in [0.2, 0.25) is 0 Å². The number of carbonyl (C=O) groups is 1. The molecule has 128 valence electrons. The first-order valence-electron chi connectivity index (χ1n) is 7.62. The van der Waals surface area contributed by atoms with Crippen molar-refractivity contribution in [2.45, 2.75) is 25.3 Å². The molecule has 0 bridgehead atoms. The van der Waals surface area contributed by atoms with E-state index in [0.717, 1.165) is 23.7 Å². The summed E-state index contributed by atoms with van der Waals surface area (Å²) < 4.78 is 27.2. The van der Waals surface area contributed by atoms with Crippen LogP contribution in [0.3, 0.4) is 0 Å². The molecule has 0 saturated heterocycles. The SMILES string of the molecule is O=C(O)C(=S)NCC1=CN(C2CCc3c(F)cc(F)cc3C2)CN1. The predicted molar refractivity (Wildman–Crippen MR) is 88.3 cm³/mol. The zero-order chi connectivity index (χ0) is 17.3. The smallest absolute Gasteiger partial charge is 0.363 e. The highest BCUT2D eigenvalue weighted by molar-refractivity contribution is 7.81. The number of fused-ring (bicyclic) bond motifs is 1. The second kappa shape index (κ2) is 6.72. The fraction of sp³-hybridized carbons (Fsp3) is 0.375. The number of rotatable bonds is 3. The molecule has 8 heteroatoms. The van der Waals surface area contributed by atoms with Gasteiger partial charge in [0.25, 0.3) is 0 Å². The van der Waals surface area contributed by atoms with E-state index in [2.05, 4.69) is 27.8 Å². The largest absolute Gasteiger partial charge is 0.476 e. The van der Waals surface area contributed by atoms with E-state index in [-0.39, 0.29) is 11.0 Å². The summed E-state index contributed by atoms with van der Waals surface area (Å²) in [6, 6.07) is 2.49. The quantitative estimate of drug-likeness (QED) is 0.717. The summed E-state index contributed by atoms with van der Waals surface area (Å²) in [6.45, 7) is 0.878. The standard InChI is InChI=1S/C16H17F2N3O2S/c17-10-3-9-4-12(1-2-13(9)14(18)5-10)21-7-11(20-8-21)6-19-15(24)16(22)23/h3,5,7,12,20H,1-2,4,6,8H2,(H,19,24)(H,22,23). The first-order chi connectivity index (χ1) is 11.4. The Morgan fingerprint density at radius 1 is 1.46 bits per heavy atom. The van der Waals surface area contributed by atoms with Crippen molar-refractivity contribution in [3.05, 3.63) is 46.8 Å². The Balaban J connectivity index is 1.64. The Morgan fingerprint density at radius 3 is 3.00 bits per heavy atom. The van der Waals surface area contributed by atoms with Gasteiger partial charge in [-0.25, -0.2) is 13.6 Å². The van der Waals surface area contributed by atoms with Crippen LogP contribution in [0.5, 0.6) is 0 Å². The highest BCUT2D eigenvalue weighted by Gasteiger charge is 2.27. The zero-order valence-corrected chi connectivity index (χ0v) is 13.6. The molecule has 0 saturated carbocycles. The molecule has 1 aliphatic heterocycles. The average molecular weight is 353 g/mol. The Morgan fingerprint density at radius 2 is 2.25 bits per heavy atom. The average Bonchev–Trinajstić information content (AvgIpc) is 3.00. The van der Waals surface area contributed by atoms with Crippen molar-refractivity contribution in [1.29, 1.82) is 0 Å². The molecule has 1 atom stereocenters. The van der Waals surface area contributed by atoms with E-state index in [0.29, 0.717) is 31.6 Å². The molecule has 1 aromatic carbocycles. The molecule has 5 nitrogen and oxygen atoms in total. The number of carboxylic acids is 1. The summed E-state index contributed by atoms with van der Waals surface area (Å²) in [4.78, 5) is 12.5. The van der Waals surface area contributed by atoms with Crippen LogP contribution in [0.4, 0.5) is 8.78 Å². The van der Waals surface area contributed by atoms with Crippen LogP contribution in [-0.4, -0.2) is 40.2 Å². The van der Waals surface area contributed by atoms with Crippen LogP contribution in [0.15, 0.2) is 24.0 Å². The van der Waals surface area contributed by atoms with Crippen molar-refractivity contribution in [3.8, 4) is 0 Å². The number of aliphatic carboxylic acids is 1. The summed E-state index contributed by atoms with van der Waals surface area (Å²) in [7, 11) is 0. The third-order valence-electron chi connectivity index (χ3n) is 4.35. The first-order valence-corrected chi connectivity index (χ1v) is 8.03. The lowest BCUT2D eigenvalue weighted by Crippen LogP contribution is -2.37. The lowest BCUT2D eigenvalue weighted by molar-refractivity contribution is -0.129. The summed E-state index contributed by atoms with van der Waals surface area (Å²) in [6.07, 6.45) is 3.84. The molecule has 1 unspecified atom stereocenters. The van der Waals surface area contributed by atoms with Crippen molar-refractivity contribution in [2.24, 2.45) is 0 Å². The van der Waals surface area contributed by atoms with Crippen molar-refractivity contribution in [2.75, 3.05) is 13.2 Å². The van der Waals surface area contributed by atoms with Gasteiger partial charge in [-0.2, -0.15) is 0 Å². The van der Waals surface area contributed by atoms with Crippen LogP contribution >= 0.6 is 12.2 Å². The van der Waals surface area contributed by atoms with Gasteiger partial charge >= 0.3 is 5.97 Å². The fourth-order valence-corrected chi connectivity index (χ4v) is 3.22. The summed E-state index contributed by atoms with van der Waals surface area (Å²) in [5.41, 5.74) is 2.16. The van der Waals surface area contributed by atoms with Crippen LogP contribution < -0.4 is 10.6 Å². The van der Waals surface area contributed by atoms with Crippen LogP contribution in [0.25, 0.3) is 0 Å². The van der Waals surface area contributed by atoms with E-state index in [9.17, 15) is 13.6 Å². The number of nitrogens with zero attached hydrogens (tertiary/aromatic N) is 1. The van der Waals surface area contributed by atoms with Gasteiger partial charge in [0.15, 0.2) is 4.99 Å². The minimum absolute atomic E-state index is 0.148. The Bertz CT molecular complexity index is 724. The number of benzene rings is 1. The van der Waals surface area contributed by atoms with E-state index in [1.165, 1.54) is 6.07 Å². The maximum Gasteiger partial charge on any atom is 0.363 e. The fourth-order valence-electron chi connectivity index (χ4n) is 3.15. The lowest BCUT2D eigenvalue weighted by atomic mass is 9.87. The monoisotopic (exact) mass is 353 g/mol. The number of carboxylic acid groups (broad SMARTS) is 1. The van der Waals surface area contributed by atoms with Crippen molar-refractivity contribution in [3.63, 3.8) is 0 Å². The van der Waals surface area contributed by atoms with Gasteiger partial charge in [-0.05, 0) is 36.5 Å². The number of hydrogen-bond acceptors (Lipinski definition) is 4. The Kier molecular flexibility index (Phi) is 4.66. The Labute approximate surface area is 143 Å². The third kappa shape index (κ3) is 3.48. The molecular weight excluding hydrogens is 336 g/mol. The molecule has 0 fully saturated rings. The highest BCUT2D eigenvalue weighted by atomic mass is 32.1. The molecular formula is C16H17F2N3O2S. The van der Waals surface area contributed by atoms with E-state index in [1.807, 2.05) is 6.20 Å². The molecule has 0 amide bonds. The number of thiocarbonyl (C=S) groups is 1. The lowest BCUT2D eigenvalue weighted by Gasteiger charge is -2.32. The van der Waals surface area contributed by atoms with Gasteiger partial charge in [-0.1, -0.05) is 12.2 Å².